The van der Waals surface area contributed by atoms with Crippen LogP contribution in [0.15, 0.2) is 18.3 Å². The van der Waals surface area contributed by atoms with Crippen molar-refractivity contribution in [1.82, 2.24) is 14.8 Å². The molecule has 0 spiro atoms. The molecule has 2 aliphatic rings. The first kappa shape index (κ1) is 18.2. The van der Waals surface area contributed by atoms with Gasteiger partial charge < -0.3 is 9.64 Å². The number of amides is 1. The van der Waals surface area contributed by atoms with Gasteiger partial charge in [-0.3, -0.25) is 9.69 Å². The molecule has 0 radical (unpaired) electrons. The van der Waals surface area contributed by atoms with Crippen molar-refractivity contribution in [2.75, 3.05) is 32.8 Å². The Morgan fingerprint density at radius 3 is 2.84 bits per heavy atom. The van der Waals surface area contributed by atoms with Gasteiger partial charge in [0.1, 0.15) is 5.56 Å². The summed E-state index contributed by atoms with van der Waals surface area (Å²) in [6, 6.07) is 4.07. The molecule has 5 heteroatoms. The van der Waals surface area contributed by atoms with Crippen LogP contribution >= 0.6 is 0 Å². The van der Waals surface area contributed by atoms with E-state index in [1.165, 1.54) is 19.4 Å². The summed E-state index contributed by atoms with van der Waals surface area (Å²) in [5, 5.41) is 0. The normalized spacial score (nSPS) is 22.1. The maximum Gasteiger partial charge on any atom is 0.259 e. The zero-order valence-electron chi connectivity index (χ0n) is 15.8. The average Bonchev–Trinajstić information content (AvgIpc) is 3.42. The third kappa shape index (κ3) is 4.51. The second-order valence-electron chi connectivity index (χ2n) is 7.64. The molecule has 3 rings (SSSR count). The van der Waals surface area contributed by atoms with Crippen molar-refractivity contribution in [3.8, 4) is 5.88 Å². The third-order valence-electron chi connectivity index (χ3n) is 5.28. The van der Waals surface area contributed by atoms with Gasteiger partial charge in [-0.05, 0) is 50.2 Å². The standard InChI is InChI=1S/C20H31N3O2/c1-4-25-19-17(7-5-10-21-19)20(24)23-12-6-11-22(13-16-8-9-16)18(14-23)15(2)3/h5,7,10,15-16,18H,4,6,8-9,11-14H2,1-3H3/t18-/m1/s1. The lowest BCUT2D eigenvalue weighted by atomic mass is 10.0. The third-order valence-corrected chi connectivity index (χ3v) is 5.28. The van der Waals surface area contributed by atoms with Crippen LogP contribution in [-0.4, -0.2) is 59.5 Å². The summed E-state index contributed by atoms with van der Waals surface area (Å²) in [7, 11) is 0. The van der Waals surface area contributed by atoms with E-state index in [4.69, 9.17) is 4.74 Å². The van der Waals surface area contributed by atoms with E-state index >= 15 is 0 Å². The second-order valence-corrected chi connectivity index (χ2v) is 7.64. The van der Waals surface area contributed by atoms with Gasteiger partial charge >= 0.3 is 0 Å². The lowest BCUT2D eigenvalue weighted by Crippen LogP contribution is -2.46. The molecule has 1 aliphatic heterocycles. The zero-order chi connectivity index (χ0) is 17.8. The van der Waals surface area contributed by atoms with Crippen molar-refractivity contribution < 1.29 is 9.53 Å². The van der Waals surface area contributed by atoms with Crippen LogP contribution in [0.25, 0.3) is 0 Å². The quantitative estimate of drug-likeness (QED) is 0.795. The molecule has 1 aliphatic carbocycles. The van der Waals surface area contributed by atoms with Crippen LogP contribution < -0.4 is 4.74 Å². The first-order chi connectivity index (χ1) is 12.1. The van der Waals surface area contributed by atoms with Crippen molar-refractivity contribution in [3.05, 3.63) is 23.9 Å². The fraction of sp³-hybridized carbons (Fsp3) is 0.700. The van der Waals surface area contributed by atoms with Gasteiger partial charge in [0.05, 0.1) is 6.61 Å². The molecule has 0 unspecified atom stereocenters. The number of ether oxygens (including phenoxy) is 1. The molecule has 1 amide bonds. The fourth-order valence-electron chi connectivity index (χ4n) is 3.71. The minimum absolute atomic E-state index is 0.0514. The SMILES string of the molecule is CCOc1ncccc1C(=O)N1CCCN(CC2CC2)[C@@H](C(C)C)C1. The van der Waals surface area contributed by atoms with E-state index in [1.807, 2.05) is 24.0 Å². The summed E-state index contributed by atoms with van der Waals surface area (Å²) in [4.78, 5) is 22.0. The van der Waals surface area contributed by atoms with E-state index in [-0.39, 0.29) is 5.91 Å². The molecule has 2 heterocycles. The maximum absolute atomic E-state index is 13.1. The number of hydrogen-bond donors (Lipinski definition) is 0. The van der Waals surface area contributed by atoms with Gasteiger partial charge in [-0.1, -0.05) is 13.8 Å². The minimum Gasteiger partial charge on any atom is -0.477 e. The van der Waals surface area contributed by atoms with Gasteiger partial charge in [-0.15, -0.1) is 0 Å². The Morgan fingerprint density at radius 1 is 1.36 bits per heavy atom. The average molecular weight is 345 g/mol. The van der Waals surface area contributed by atoms with Gasteiger partial charge in [0.25, 0.3) is 5.91 Å². The molecule has 1 saturated carbocycles. The summed E-state index contributed by atoms with van der Waals surface area (Å²) in [5.74, 6) is 1.92. The first-order valence-electron chi connectivity index (χ1n) is 9.71. The Labute approximate surface area is 151 Å². The summed E-state index contributed by atoms with van der Waals surface area (Å²) < 4.78 is 5.57. The highest BCUT2D eigenvalue weighted by Gasteiger charge is 2.34. The Bertz CT molecular complexity index is 586. The zero-order valence-corrected chi connectivity index (χ0v) is 15.8. The molecule has 1 atom stereocenters. The van der Waals surface area contributed by atoms with E-state index in [0.717, 1.165) is 32.0 Å². The maximum atomic E-state index is 13.1. The number of aromatic nitrogens is 1. The van der Waals surface area contributed by atoms with Crippen molar-refractivity contribution in [2.45, 2.75) is 46.1 Å². The van der Waals surface area contributed by atoms with Crippen molar-refractivity contribution >= 4 is 5.91 Å². The largest absolute Gasteiger partial charge is 0.477 e. The van der Waals surface area contributed by atoms with Crippen molar-refractivity contribution in [1.29, 1.82) is 0 Å². The Kier molecular flexibility index (Phi) is 5.94. The lowest BCUT2D eigenvalue weighted by molar-refractivity contribution is 0.0699. The predicted octanol–water partition coefficient (Wildman–Crippen LogP) is 3.06. The topological polar surface area (TPSA) is 45.7 Å². The second kappa shape index (κ2) is 8.17. The molecule has 25 heavy (non-hydrogen) atoms. The van der Waals surface area contributed by atoms with Crippen molar-refractivity contribution in [2.24, 2.45) is 11.8 Å². The predicted molar refractivity (Wildman–Crippen MR) is 98.8 cm³/mol. The number of pyridine rings is 1. The molecule has 0 aromatic carbocycles. The Balaban J connectivity index is 1.76. The highest BCUT2D eigenvalue weighted by molar-refractivity contribution is 5.96. The number of carbonyl (C=O) groups excluding carboxylic acids is 1. The molecule has 5 nitrogen and oxygen atoms in total. The van der Waals surface area contributed by atoms with Gasteiger partial charge in [0.2, 0.25) is 5.88 Å². The van der Waals surface area contributed by atoms with E-state index in [0.29, 0.717) is 30.0 Å². The molecule has 0 bridgehead atoms. The van der Waals surface area contributed by atoms with Crippen LogP contribution in [0, 0.1) is 11.8 Å². The van der Waals surface area contributed by atoms with Crippen LogP contribution in [0.2, 0.25) is 0 Å². The van der Waals surface area contributed by atoms with Crippen LogP contribution in [0.5, 0.6) is 5.88 Å². The highest BCUT2D eigenvalue weighted by atomic mass is 16.5. The van der Waals surface area contributed by atoms with Gasteiger partial charge in [-0.25, -0.2) is 4.98 Å². The Morgan fingerprint density at radius 2 is 2.16 bits per heavy atom. The number of rotatable bonds is 6. The first-order valence-corrected chi connectivity index (χ1v) is 9.71. The van der Waals surface area contributed by atoms with E-state index in [9.17, 15) is 4.79 Å². The summed E-state index contributed by atoms with van der Waals surface area (Å²) in [6.45, 7) is 10.9. The summed E-state index contributed by atoms with van der Waals surface area (Å²) >= 11 is 0. The van der Waals surface area contributed by atoms with Crippen LogP contribution in [0.3, 0.4) is 0 Å². The molecule has 2 fully saturated rings. The highest BCUT2D eigenvalue weighted by Crippen LogP contribution is 2.32. The van der Waals surface area contributed by atoms with Crippen LogP contribution in [-0.2, 0) is 0 Å². The number of carbonyl (C=O) groups is 1. The fourth-order valence-corrected chi connectivity index (χ4v) is 3.71. The van der Waals surface area contributed by atoms with Crippen LogP contribution in [0.4, 0.5) is 0 Å². The lowest BCUT2D eigenvalue weighted by Gasteiger charge is -2.34. The van der Waals surface area contributed by atoms with E-state index < -0.39 is 0 Å². The van der Waals surface area contributed by atoms with E-state index in [1.54, 1.807) is 6.20 Å². The Hall–Kier alpha value is -1.62. The van der Waals surface area contributed by atoms with Gasteiger partial charge in [0, 0.05) is 38.4 Å². The van der Waals surface area contributed by atoms with Gasteiger partial charge in [0.15, 0.2) is 0 Å². The molecule has 138 valence electrons. The molecule has 1 aromatic heterocycles. The molecular formula is C20H31N3O2. The number of hydrogen-bond acceptors (Lipinski definition) is 4. The van der Waals surface area contributed by atoms with Crippen LogP contribution in [0.1, 0.15) is 50.4 Å². The number of nitrogens with zero attached hydrogens (tertiary/aromatic N) is 3. The van der Waals surface area contributed by atoms with Crippen molar-refractivity contribution in [3.63, 3.8) is 0 Å². The smallest absolute Gasteiger partial charge is 0.259 e. The van der Waals surface area contributed by atoms with E-state index in [2.05, 4.69) is 23.7 Å². The van der Waals surface area contributed by atoms with Gasteiger partial charge in [-0.2, -0.15) is 0 Å². The minimum atomic E-state index is 0.0514. The molecular weight excluding hydrogens is 314 g/mol. The monoisotopic (exact) mass is 345 g/mol. The summed E-state index contributed by atoms with van der Waals surface area (Å²) in [5.41, 5.74) is 0.586. The summed E-state index contributed by atoms with van der Waals surface area (Å²) in [6.07, 6.45) is 5.46. The molecule has 1 aromatic rings. The molecule has 0 N–H and O–H groups in total. The molecule has 1 saturated heterocycles.